The zero-order chi connectivity index (χ0) is 15.2. The van der Waals surface area contributed by atoms with Crippen LogP contribution in [0.15, 0.2) is 23.3 Å². The predicted molar refractivity (Wildman–Crippen MR) is 84.8 cm³/mol. The maximum Gasteiger partial charge on any atom is 0.299 e. The van der Waals surface area contributed by atoms with Gasteiger partial charge in [-0.1, -0.05) is 31.7 Å². The highest BCUT2D eigenvalue weighted by molar-refractivity contribution is 8.14. The van der Waals surface area contributed by atoms with E-state index in [1.165, 1.54) is 11.8 Å². The highest BCUT2D eigenvalue weighted by Gasteiger charge is 2.33. The predicted octanol–water partition coefficient (Wildman–Crippen LogP) is 2.86. The lowest BCUT2D eigenvalue weighted by Gasteiger charge is -2.33. The van der Waals surface area contributed by atoms with Crippen LogP contribution in [0.1, 0.15) is 38.3 Å². The number of carbonyl (C=O) groups excluding carboxylic acids is 2. The van der Waals surface area contributed by atoms with Crippen molar-refractivity contribution < 1.29 is 9.59 Å². The summed E-state index contributed by atoms with van der Waals surface area (Å²) in [4.78, 5) is 23.1. The summed E-state index contributed by atoms with van der Waals surface area (Å²) in [6, 6.07) is 5.93. The SMILES string of the molecule is CC1SC(=O)NN=C1c1ccc2c(c1)C(C)(C)CC(=O)N2. The van der Waals surface area contributed by atoms with E-state index < -0.39 is 0 Å². The summed E-state index contributed by atoms with van der Waals surface area (Å²) in [5, 5.41) is 6.98. The van der Waals surface area contributed by atoms with E-state index in [-0.39, 0.29) is 21.8 Å². The number of amides is 2. The number of benzene rings is 1. The second kappa shape index (κ2) is 4.87. The second-order valence-electron chi connectivity index (χ2n) is 6.03. The number of thioether (sulfide) groups is 1. The molecule has 21 heavy (non-hydrogen) atoms. The van der Waals surface area contributed by atoms with Gasteiger partial charge in [-0.05, 0) is 30.2 Å². The summed E-state index contributed by atoms with van der Waals surface area (Å²) >= 11 is 1.23. The molecule has 0 radical (unpaired) electrons. The minimum Gasteiger partial charge on any atom is -0.326 e. The molecule has 5 nitrogen and oxygen atoms in total. The first-order chi connectivity index (χ1) is 9.87. The van der Waals surface area contributed by atoms with Gasteiger partial charge in [0.1, 0.15) is 0 Å². The lowest BCUT2D eigenvalue weighted by molar-refractivity contribution is -0.117. The van der Waals surface area contributed by atoms with Gasteiger partial charge in [0.2, 0.25) is 5.91 Å². The number of anilines is 1. The van der Waals surface area contributed by atoms with Gasteiger partial charge in [-0.3, -0.25) is 9.59 Å². The Balaban J connectivity index is 2.04. The monoisotopic (exact) mass is 303 g/mol. The highest BCUT2D eigenvalue weighted by atomic mass is 32.2. The van der Waals surface area contributed by atoms with Crippen LogP contribution in [0.2, 0.25) is 0 Å². The fourth-order valence-electron chi connectivity index (χ4n) is 2.80. The largest absolute Gasteiger partial charge is 0.326 e. The third-order valence-electron chi connectivity index (χ3n) is 3.86. The molecule has 6 heteroatoms. The van der Waals surface area contributed by atoms with Crippen LogP contribution in [0.5, 0.6) is 0 Å². The van der Waals surface area contributed by atoms with Gasteiger partial charge in [0.15, 0.2) is 0 Å². The van der Waals surface area contributed by atoms with Crippen molar-refractivity contribution in [2.24, 2.45) is 5.10 Å². The summed E-state index contributed by atoms with van der Waals surface area (Å²) in [6.07, 6.45) is 0.469. The van der Waals surface area contributed by atoms with Crippen LogP contribution < -0.4 is 10.7 Å². The van der Waals surface area contributed by atoms with Gasteiger partial charge in [0, 0.05) is 17.5 Å². The molecule has 2 amide bonds. The first-order valence-corrected chi connectivity index (χ1v) is 7.74. The molecule has 0 bridgehead atoms. The van der Waals surface area contributed by atoms with Crippen LogP contribution in [0.3, 0.4) is 0 Å². The Morgan fingerprint density at radius 2 is 2.10 bits per heavy atom. The molecule has 0 aromatic heterocycles. The van der Waals surface area contributed by atoms with Gasteiger partial charge in [-0.15, -0.1) is 0 Å². The average molecular weight is 303 g/mol. The quantitative estimate of drug-likeness (QED) is 0.838. The number of rotatable bonds is 1. The van der Waals surface area contributed by atoms with E-state index in [0.29, 0.717) is 6.42 Å². The second-order valence-corrected chi connectivity index (χ2v) is 7.34. The standard InChI is InChI=1S/C15H17N3O2S/c1-8-13(17-18-14(20)21-8)9-4-5-11-10(6-9)15(2,3)7-12(19)16-11/h4-6,8H,7H2,1-3H3,(H,16,19)(H,18,20). The van der Waals surface area contributed by atoms with E-state index in [4.69, 9.17) is 0 Å². The Bertz CT molecular complexity index is 667. The van der Waals surface area contributed by atoms with Crippen molar-refractivity contribution in [3.63, 3.8) is 0 Å². The van der Waals surface area contributed by atoms with Gasteiger partial charge in [-0.25, -0.2) is 5.43 Å². The van der Waals surface area contributed by atoms with Crippen molar-refractivity contribution in [3.05, 3.63) is 29.3 Å². The lowest BCUT2D eigenvalue weighted by atomic mass is 9.77. The first-order valence-electron chi connectivity index (χ1n) is 6.86. The van der Waals surface area contributed by atoms with Crippen molar-refractivity contribution in [1.82, 2.24) is 5.43 Å². The van der Waals surface area contributed by atoms with Gasteiger partial charge < -0.3 is 5.32 Å². The third kappa shape index (κ3) is 2.55. The summed E-state index contributed by atoms with van der Waals surface area (Å²) in [5.41, 5.74) is 6.12. The van der Waals surface area contributed by atoms with E-state index in [1.807, 2.05) is 19.1 Å². The molecular formula is C15H17N3O2S. The van der Waals surface area contributed by atoms with Crippen LogP contribution in [0, 0.1) is 0 Å². The highest BCUT2D eigenvalue weighted by Crippen LogP contribution is 2.38. The molecule has 2 N–H and O–H groups in total. The number of nitrogens with zero attached hydrogens (tertiary/aromatic N) is 1. The van der Waals surface area contributed by atoms with Crippen molar-refractivity contribution >= 4 is 34.3 Å². The van der Waals surface area contributed by atoms with Crippen LogP contribution in [-0.2, 0) is 10.2 Å². The van der Waals surface area contributed by atoms with Crippen molar-refractivity contribution in [2.45, 2.75) is 37.9 Å². The number of hydrogen-bond acceptors (Lipinski definition) is 4. The minimum atomic E-state index is -0.206. The fourth-order valence-corrected chi connectivity index (χ4v) is 3.52. The number of hydrogen-bond donors (Lipinski definition) is 2. The Kier molecular flexibility index (Phi) is 3.28. The lowest BCUT2D eigenvalue weighted by Crippen LogP contribution is -2.34. The van der Waals surface area contributed by atoms with Crippen LogP contribution in [0.4, 0.5) is 10.5 Å². The van der Waals surface area contributed by atoms with E-state index in [0.717, 1.165) is 22.5 Å². The smallest absolute Gasteiger partial charge is 0.299 e. The molecule has 110 valence electrons. The fraction of sp³-hybridized carbons (Fsp3) is 0.400. The Hall–Kier alpha value is -1.82. The molecule has 0 fully saturated rings. The number of hydrazone groups is 1. The zero-order valence-corrected chi connectivity index (χ0v) is 13.0. The molecule has 0 spiro atoms. The summed E-state index contributed by atoms with van der Waals surface area (Å²) in [6.45, 7) is 6.10. The Morgan fingerprint density at radius 1 is 1.33 bits per heavy atom. The summed E-state index contributed by atoms with van der Waals surface area (Å²) in [7, 11) is 0. The molecule has 2 aliphatic heterocycles. The van der Waals surface area contributed by atoms with Crippen molar-refractivity contribution in [1.29, 1.82) is 0 Å². The molecular weight excluding hydrogens is 286 g/mol. The summed E-state index contributed by atoms with van der Waals surface area (Å²) < 4.78 is 0. The van der Waals surface area contributed by atoms with E-state index in [2.05, 4.69) is 35.8 Å². The normalized spacial score (nSPS) is 23.8. The van der Waals surface area contributed by atoms with Crippen LogP contribution in [-0.4, -0.2) is 22.1 Å². The molecule has 0 saturated heterocycles. The maximum atomic E-state index is 11.7. The summed E-state index contributed by atoms with van der Waals surface area (Å²) in [5.74, 6) is 0.0476. The van der Waals surface area contributed by atoms with E-state index >= 15 is 0 Å². The molecule has 2 aliphatic rings. The number of nitrogens with one attached hydrogen (secondary N) is 2. The molecule has 0 aliphatic carbocycles. The van der Waals surface area contributed by atoms with Crippen LogP contribution in [0.25, 0.3) is 0 Å². The molecule has 0 saturated carbocycles. The first kappa shape index (κ1) is 14.1. The molecule has 2 heterocycles. The topological polar surface area (TPSA) is 70.6 Å². The Morgan fingerprint density at radius 3 is 2.81 bits per heavy atom. The number of fused-ring (bicyclic) bond motifs is 1. The van der Waals surface area contributed by atoms with Gasteiger partial charge in [-0.2, -0.15) is 5.10 Å². The van der Waals surface area contributed by atoms with Crippen molar-refractivity contribution in [2.75, 3.05) is 5.32 Å². The van der Waals surface area contributed by atoms with Gasteiger partial charge in [0.05, 0.1) is 11.0 Å². The van der Waals surface area contributed by atoms with Crippen LogP contribution >= 0.6 is 11.8 Å². The zero-order valence-electron chi connectivity index (χ0n) is 12.2. The maximum absolute atomic E-state index is 11.7. The van der Waals surface area contributed by atoms with Gasteiger partial charge >= 0.3 is 0 Å². The molecule has 3 rings (SSSR count). The molecule has 1 unspecified atom stereocenters. The Labute approximate surface area is 127 Å². The van der Waals surface area contributed by atoms with Crippen molar-refractivity contribution in [3.8, 4) is 0 Å². The molecule has 1 aromatic rings. The molecule has 1 aromatic carbocycles. The average Bonchev–Trinajstić information content (AvgIpc) is 2.37. The molecule has 1 atom stereocenters. The number of carbonyl (C=O) groups is 2. The van der Waals surface area contributed by atoms with Gasteiger partial charge in [0.25, 0.3) is 5.24 Å². The third-order valence-corrected chi connectivity index (χ3v) is 4.74. The van der Waals surface area contributed by atoms with E-state index in [1.54, 1.807) is 0 Å². The minimum absolute atomic E-state index is 0.0121. The van der Waals surface area contributed by atoms with E-state index in [9.17, 15) is 9.59 Å².